The van der Waals surface area contributed by atoms with E-state index >= 15 is 0 Å². The number of anilines is 1. The zero-order chi connectivity index (χ0) is 15.7. The molecule has 1 atom stereocenters. The van der Waals surface area contributed by atoms with Gasteiger partial charge in [0.25, 0.3) is 0 Å². The van der Waals surface area contributed by atoms with Crippen LogP contribution in [0.5, 0.6) is 0 Å². The predicted octanol–water partition coefficient (Wildman–Crippen LogP) is 3.60. The zero-order valence-electron chi connectivity index (χ0n) is 12.5. The van der Waals surface area contributed by atoms with Crippen molar-refractivity contribution >= 4 is 29.0 Å². The Morgan fingerprint density at radius 1 is 1.36 bits per heavy atom. The fraction of sp³-hybridized carbons (Fsp3) is 0.438. The SMILES string of the molecule is Cn1nc(-c2cccc(Cl)c2Cl)cc1N1CCCC(CO)C1. The third kappa shape index (κ3) is 2.96. The topological polar surface area (TPSA) is 41.3 Å². The van der Waals surface area contributed by atoms with Crippen molar-refractivity contribution in [2.45, 2.75) is 12.8 Å². The van der Waals surface area contributed by atoms with Crippen molar-refractivity contribution in [3.8, 4) is 11.3 Å². The van der Waals surface area contributed by atoms with Crippen LogP contribution < -0.4 is 4.90 Å². The molecule has 1 aliphatic rings. The smallest absolute Gasteiger partial charge is 0.127 e. The molecule has 6 heteroatoms. The molecule has 1 saturated heterocycles. The van der Waals surface area contributed by atoms with Crippen LogP contribution in [0.25, 0.3) is 11.3 Å². The van der Waals surface area contributed by atoms with Crippen molar-refractivity contribution in [2.75, 3.05) is 24.6 Å². The average molecular weight is 340 g/mol. The van der Waals surface area contributed by atoms with Crippen LogP contribution in [0.4, 0.5) is 5.82 Å². The molecule has 0 spiro atoms. The maximum absolute atomic E-state index is 9.39. The fourth-order valence-electron chi connectivity index (χ4n) is 3.01. The first-order chi connectivity index (χ1) is 10.6. The highest BCUT2D eigenvalue weighted by atomic mass is 35.5. The number of benzene rings is 1. The van der Waals surface area contributed by atoms with Crippen LogP contribution in [0.1, 0.15) is 12.8 Å². The van der Waals surface area contributed by atoms with Crippen LogP contribution in [0.15, 0.2) is 24.3 Å². The number of aromatic nitrogens is 2. The normalized spacial score (nSPS) is 18.7. The van der Waals surface area contributed by atoms with E-state index in [1.165, 1.54) is 0 Å². The molecular formula is C16H19Cl2N3O. The quantitative estimate of drug-likeness (QED) is 0.928. The predicted molar refractivity (Wildman–Crippen MR) is 90.7 cm³/mol. The van der Waals surface area contributed by atoms with E-state index in [1.54, 1.807) is 6.07 Å². The Hall–Kier alpha value is -1.23. The minimum Gasteiger partial charge on any atom is -0.396 e. The molecule has 1 fully saturated rings. The van der Waals surface area contributed by atoms with Crippen molar-refractivity contribution < 1.29 is 5.11 Å². The number of rotatable bonds is 3. The highest BCUT2D eigenvalue weighted by molar-refractivity contribution is 6.43. The van der Waals surface area contributed by atoms with E-state index in [1.807, 2.05) is 29.9 Å². The Morgan fingerprint density at radius 3 is 2.95 bits per heavy atom. The maximum Gasteiger partial charge on any atom is 0.127 e. The van der Waals surface area contributed by atoms with Gasteiger partial charge < -0.3 is 10.0 Å². The van der Waals surface area contributed by atoms with Gasteiger partial charge in [-0.15, -0.1) is 0 Å². The number of aliphatic hydroxyl groups excluding tert-OH is 1. The molecule has 22 heavy (non-hydrogen) atoms. The first kappa shape index (κ1) is 15.7. The second-order valence-corrected chi connectivity index (χ2v) is 6.53. The summed E-state index contributed by atoms with van der Waals surface area (Å²) in [5.41, 5.74) is 1.66. The summed E-state index contributed by atoms with van der Waals surface area (Å²) in [6.45, 7) is 2.08. The minimum absolute atomic E-state index is 0.237. The number of piperidine rings is 1. The van der Waals surface area contributed by atoms with Gasteiger partial charge in [0.05, 0.1) is 15.7 Å². The van der Waals surface area contributed by atoms with Gasteiger partial charge in [-0.1, -0.05) is 35.3 Å². The third-order valence-corrected chi connectivity index (χ3v) is 5.00. The van der Waals surface area contributed by atoms with Gasteiger partial charge in [-0.25, -0.2) is 0 Å². The van der Waals surface area contributed by atoms with E-state index in [0.29, 0.717) is 16.0 Å². The highest BCUT2D eigenvalue weighted by Crippen LogP contribution is 2.34. The van der Waals surface area contributed by atoms with Crippen LogP contribution in [-0.4, -0.2) is 34.6 Å². The van der Waals surface area contributed by atoms with Gasteiger partial charge in [0.1, 0.15) is 5.82 Å². The number of nitrogens with zero attached hydrogens (tertiary/aromatic N) is 3. The second-order valence-electron chi connectivity index (χ2n) is 5.75. The number of hydrogen-bond donors (Lipinski definition) is 1. The molecular weight excluding hydrogens is 321 g/mol. The molecule has 1 aliphatic heterocycles. The highest BCUT2D eigenvalue weighted by Gasteiger charge is 2.22. The molecule has 0 bridgehead atoms. The van der Waals surface area contributed by atoms with E-state index < -0.39 is 0 Å². The Balaban J connectivity index is 1.92. The summed E-state index contributed by atoms with van der Waals surface area (Å²) in [5, 5.41) is 15.0. The minimum atomic E-state index is 0.237. The molecule has 118 valence electrons. The van der Waals surface area contributed by atoms with Crippen LogP contribution in [0.2, 0.25) is 10.0 Å². The Bertz CT molecular complexity index is 671. The molecule has 2 aromatic rings. The average Bonchev–Trinajstić information content (AvgIpc) is 2.92. The van der Waals surface area contributed by atoms with Crippen molar-refractivity contribution in [1.82, 2.24) is 9.78 Å². The molecule has 3 rings (SSSR count). The van der Waals surface area contributed by atoms with Gasteiger partial charge in [0, 0.05) is 38.4 Å². The van der Waals surface area contributed by atoms with Crippen LogP contribution in [0, 0.1) is 5.92 Å². The molecule has 1 aromatic heterocycles. The monoisotopic (exact) mass is 339 g/mol. The molecule has 1 aromatic carbocycles. The second kappa shape index (κ2) is 6.49. The van der Waals surface area contributed by atoms with Gasteiger partial charge in [0.2, 0.25) is 0 Å². The molecule has 0 saturated carbocycles. The Kier molecular flexibility index (Phi) is 4.62. The van der Waals surface area contributed by atoms with Crippen molar-refractivity contribution in [3.05, 3.63) is 34.3 Å². The summed E-state index contributed by atoms with van der Waals surface area (Å²) in [4.78, 5) is 2.28. The lowest BCUT2D eigenvalue weighted by atomic mass is 9.99. The van der Waals surface area contributed by atoms with Crippen molar-refractivity contribution in [1.29, 1.82) is 0 Å². The summed E-state index contributed by atoms with van der Waals surface area (Å²) in [6, 6.07) is 7.61. The summed E-state index contributed by atoms with van der Waals surface area (Å²) >= 11 is 12.4. The molecule has 0 radical (unpaired) electrons. The van der Waals surface area contributed by atoms with E-state index in [4.69, 9.17) is 23.2 Å². The molecule has 1 N–H and O–H groups in total. The van der Waals surface area contributed by atoms with Gasteiger partial charge in [-0.05, 0) is 24.8 Å². The lowest BCUT2D eigenvalue weighted by Gasteiger charge is -2.33. The van der Waals surface area contributed by atoms with Gasteiger partial charge in [0.15, 0.2) is 0 Å². The van der Waals surface area contributed by atoms with Crippen LogP contribution >= 0.6 is 23.2 Å². The zero-order valence-corrected chi connectivity index (χ0v) is 14.0. The first-order valence-electron chi connectivity index (χ1n) is 7.44. The summed E-state index contributed by atoms with van der Waals surface area (Å²) in [6.07, 6.45) is 2.17. The van der Waals surface area contributed by atoms with Gasteiger partial charge in [-0.2, -0.15) is 5.10 Å². The third-order valence-electron chi connectivity index (χ3n) is 4.18. The number of aryl methyl sites for hydroxylation is 1. The van der Waals surface area contributed by atoms with Gasteiger partial charge in [-0.3, -0.25) is 4.68 Å². The molecule has 2 heterocycles. The van der Waals surface area contributed by atoms with Gasteiger partial charge >= 0.3 is 0 Å². The van der Waals surface area contributed by atoms with Crippen LogP contribution in [-0.2, 0) is 7.05 Å². The number of hydrogen-bond acceptors (Lipinski definition) is 3. The van der Waals surface area contributed by atoms with Crippen molar-refractivity contribution in [3.63, 3.8) is 0 Å². The molecule has 0 aliphatic carbocycles. The lowest BCUT2D eigenvalue weighted by Crippen LogP contribution is -2.37. The first-order valence-corrected chi connectivity index (χ1v) is 8.20. The standard InChI is InChI=1S/C16H19Cl2N3O/c1-20-15(21-7-3-4-11(9-21)10-22)8-14(19-20)12-5-2-6-13(17)16(12)18/h2,5-6,8,11,22H,3-4,7,9-10H2,1H3. The number of aliphatic hydroxyl groups is 1. The van der Waals surface area contributed by atoms with E-state index in [2.05, 4.69) is 10.00 Å². The number of halogens is 2. The van der Waals surface area contributed by atoms with Crippen molar-refractivity contribution in [2.24, 2.45) is 13.0 Å². The largest absolute Gasteiger partial charge is 0.396 e. The Labute approximate surface area is 140 Å². The fourth-order valence-corrected chi connectivity index (χ4v) is 3.41. The molecule has 0 amide bonds. The van der Waals surface area contributed by atoms with Crippen LogP contribution in [0.3, 0.4) is 0 Å². The summed E-state index contributed by atoms with van der Waals surface area (Å²) in [5.74, 6) is 1.38. The maximum atomic E-state index is 9.39. The Morgan fingerprint density at radius 2 is 2.18 bits per heavy atom. The van der Waals surface area contributed by atoms with E-state index in [-0.39, 0.29) is 6.61 Å². The van der Waals surface area contributed by atoms with E-state index in [9.17, 15) is 5.11 Å². The summed E-state index contributed by atoms with van der Waals surface area (Å²) < 4.78 is 1.87. The summed E-state index contributed by atoms with van der Waals surface area (Å²) in [7, 11) is 1.93. The van der Waals surface area contributed by atoms with E-state index in [0.717, 1.165) is 43.0 Å². The molecule has 1 unspecified atom stereocenters. The molecule has 4 nitrogen and oxygen atoms in total. The lowest BCUT2D eigenvalue weighted by molar-refractivity contribution is 0.208.